The molecule has 0 aliphatic rings. The van der Waals surface area contributed by atoms with Gasteiger partial charge < -0.3 is 5.11 Å². The maximum absolute atomic E-state index is 11.5. The molecule has 2 heteroatoms. The van der Waals surface area contributed by atoms with Crippen molar-refractivity contribution in [2.45, 2.75) is 90.4 Å². The van der Waals surface area contributed by atoms with Gasteiger partial charge >= 0.3 is 5.97 Å². The average Bonchev–Trinajstić information content (AvgIpc) is 2.53. The molecule has 1 N–H and O–H groups in total. The van der Waals surface area contributed by atoms with E-state index in [0.717, 1.165) is 30.4 Å². The van der Waals surface area contributed by atoms with Crippen LogP contribution in [-0.2, 0) is 4.79 Å². The highest BCUT2D eigenvalue weighted by Crippen LogP contribution is 2.26. The first-order chi connectivity index (χ1) is 11.2. The molecule has 0 radical (unpaired) electrons. The summed E-state index contributed by atoms with van der Waals surface area (Å²) in [4.78, 5) is 11.5. The number of carboxylic acids is 1. The molecule has 0 saturated heterocycles. The maximum Gasteiger partial charge on any atom is 0.310 e. The van der Waals surface area contributed by atoms with Crippen molar-refractivity contribution in [3.05, 3.63) is 35.4 Å². The van der Waals surface area contributed by atoms with Gasteiger partial charge in [-0.2, -0.15) is 0 Å². The minimum absolute atomic E-state index is 0.342. The summed E-state index contributed by atoms with van der Waals surface area (Å²) in [5.41, 5.74) is 2.07. The number of aryl methyl sites for hydroxylation is 1. The zero-order chi connectivity index (χ0) is 16.9. The Bertz CT molecular complexity index is 439. The topological polar surface area (TPSA) is 37.3 Å². The van der Waals surface area contributed by atoms with Crippen LogP contribution in [0.3, 0.4) is 0 Å². The van der Waals surface area contributed by atoms with Crippen LogP contribution >= 0.6 is 0 Å². The fourth-order valence-corrected chi connectivity index (χ4v) is 3.23. The Morgan fingerprint density at radius 1 is 0.913 bits per heavy atom. The molecule has 1 aromatic carbocycles. The van der Waals surface area contributed by atoms with E-state index in [1.54, 1.807) is 0 Å². The van der Waals surface area contributed by atoms with Crippen LogP contribution in [0.4, 0.5) is 0 Å². The molecule has 0 aliphatic heterocycles. The summed E-state index contributed by atoms with van der Waals surface area (Å²) in [6, 6.07) is 7.88. The first-order valence-corrected chi connectivity index (χ1v) is 9.45. The number of benzene rings is 1. The van der Waals surface area contributed by atoms with Crippen LogP contribution in [0.15, 0.2) is 24.3 Å². The Kier molecular flexibility index (Phi) is 10.4. The molecule has 1 atom stereocenters. The molecule has 130 valence electrons. The van der Waals surface area contributed by atoms with E-state index in [1.807, 2.05) is 31.2 Å². The Hall–Kier alpha value is -1.31. The van der Waals surface area contributed by atoms with Gasteiger partial charge in [0.15, 0.2) is 0 Å². The SMILES string of the molecule is CCCCCCCCCCCCC(C(=O)O)c1ccccc1C. The molecule has 0 saturated carbocycles. The normalized spacial score (nSPS) is 12.3. The lowest BCUT2D eigenvalue weighted by Crippen LogP contribution is -2.12. The number of carboxylic acid groups (broad SMARTS) is 1. The largest absolute Gasteiger partial charge is 0.481 e. The number of aliphatic carboxylic acids is 1. The average molecular weight is 319 g/mol. The van der Waals surface area contributed by atoms with Gasteiger partial charge in [0.1, 0.15) is 0 Å². The lowest BCUT2D eigenvalue weighted by molar-refractivity contribution is -0.139. The van der Waals surface area contributed by atoms with Crippen molar-refractivity contribution < 1.29 is 9.90 Å². The minimum Gasteiger partial charge on any atom is -0.481 e. The number of carbonyl (C=O) groups is 1. The summed E-state index contributed by atoms with van der Waals surface area (Å²) in [6.45, 7) is 4.26. The van der Waals surface area contributed by atoms with Gasteiger partial charge in [-0.1, -0.05) is 95.4 Å². The number of hydrogen-bond donors (Lipinski definition) is 1. The predicted molar refractivity (Wildman–Crippen MR) is 98.0 cm³/mol. The highest BCUT2D eigenvalue weighted by molar-refractivity contribution is 5.76. The van der Waals surface area contributed by atoms with E-state index in [4.69, 9.17) is 0 Å². The molecule has 0 spiro atoms. The van der Waals surface area contributed by atoms with Gasteiger partial charge in [-0.3, -0.25) is 4.79 Å². The van der Waals surface area contributed by atoms with Crippen molar-refractivity contribution in [3.8, 4) is 0 Å². The van der Waals surface area contributed by atoms with Gasteiger partial charge in [0, 0.05) is 0 Å². The summed E-state index contributed by atoms with van der Waals surface area (Å²) in [6.07, 6.45) is 13.6. The fourth-order valence-electron chi connectivity index (χ4n) is 3.23. The Morgan fingerprint density at radius 2 is 1.43 bits per heavy atom. The molecule has 0 amide bonds. The van der Waals surface area contributed by atoms with Crippen LogP contribution in [0, 0.1) is 6.92 Å². The minimum atomic E-state index is -0.685. The quantitative estimate of drug-likeness (QED) is 0.423. The van der Waals surface area contributed by atoms with Gasteiger partial charge in [0.05, 0.1) is 5.92 Å². The van der Waals surface area contributed by atoms with Crippen molar-refractivity contribution >= 4 is 5.97 Å². The third-order valence-corrected chi connectivity index (χ3v) is 4.71. The highest BCUT2D eigenvalue weighted by atomic mass is 16.4. The molecule has 0 fully saturated rings. The van der Waals surface area contributed by atoms with Crippen molar-refractivity contribution in [1.82, 2.24) is 0 Å². The van der Waals surface area contributed by atoms with Crippen molar-refractivity contribution in [3.63, 3.8) is 0 Å². The molecular weight excluding hydrogens is 284 g/mol. The zero-order valence-corrected chi connectivity index (χ0v) is 15.0. The molecule has 1 rings (SSSR count). The van der Waals surface area contributed by atoms with Crippen LogP contribution in [0.2, 0.25) is 0 Å². The van der Waals surface area contributed by atoms with Crippen LogP contribution in [0.5, 0.6) is 0 Å². The highest BCUT2D eigenvalue weighted by Gasteiger charge is 2.20. The smallest absolute Gasteiger partial charge is 0.310 e. The standard InChI is InChI=1S/C21H34O2/c1-3-4-5-6-7-8-9-10-11-12-17-20(21(22)23)19-16-14-13-15-18(19)2/h13-16,20H,3-12,17H2,1-2H3,(H,22,23). The second-order valence-corrected chi connectivity index (χ2v) is 6.72. The molecule has 1 aromatic rings. The Balaban J connectivity index is 2.18. The van der Waals surface area contributed by atoms with E-state index < -0.39 is 5.97 Å². The lowest BCUT2D eigenvalue weighted by Gasteiger charge is -2.15. The van der Waals surface area contributed by atoms with Gasteiger partial charge in [-0.05, 0) is 24.5 Å². The summed E-state index contributed by atoms with van der Waals surface area (Å²) in [5.74, 6) is -1.03. The predicted octanol–water partition coefficient (Wildman–Crippen LogP) is 6.47. The van der Waals surface area contributed by atoms with E-state index in [0.29, 0.717) is 0 Å². The summed E-state index contributed by atoms with van der Waals surface area (Å²) >= 11 is 0. The Labute approximate surface area is 142 Å². The second-order valence-electron chi connectivity index (χ2n) is 6.72. The lowest BCUT2D eigenvalue weighted by atomic mass is 9.90. The fraction of sp³-hybridized carbons (Fsp3) is 0.667. The first kappa shape index (κ1) is 19.7. The molecule has 23 heavy (non-hydrogen) atoms. The second kappa shape index (κ2) is 12.2. The maximum atomic E-state index is 11.5. The van der Waals surface area contributed by atoms with E-state index in [9.17, 15) is 9.90 Å². The van der Waals surface area contributed by atoms with E-state index in [1.165, 1.54) is 51.4 Å². The molecule has 0 heterocycles. The van der Waals surface area contributed by atoms with Gasteiger partial charge in [-0.25, -0.2) is 0 Å². The van der Waals surface area contributed by atoms with Crippen molar-refractivity contribution in [2.75, 3.05) is 0 Å². The third kappa shape index (κ3) is 8.20. The third-order valence-electron chi connectivity index (χ3n) is 4.71. The molecular formula is C21H34O2. The molecule has 0 aliphatic carbocycles. The number of hydrogen-bond acceptors (Lipinski definition) is 1. The molecule has 2 nitrogen and oxygen atoms in total. The summed E-state index contributed by atoms with van der Waals surface area (Å²) < 4.78 is 0. The summed E-state index contributed by atoms with van der Waals surface area (Å²) in [5, 5.41) is 9.49. The van der Waals surface area contributed by atoms with Gasteiger partial charge in [-0.15, -0.1) is 0 Å². The number of rotatable bonds is 13. The molecule has 0 bridgehead atoms. The molecule has 1 unspecified atom stereocenters. The number of unbranched alkanes of at least 4 members (excludes halogenated alkanes) is 9. The first-order valence-electron chi connectivity index (χ1n) is 9.45. The molecule has 0 aromatic heterocycles. The van der Waals surface area contributed by atoms with E-state index in [-0.39, 0.29) is 5.92 Å². The van der Waals surface area contributed by atoms with Crippen LogP contribution in [0.25, 0.3) is 0 Å². The van der Waals surface area contributed by atoms with E-state index in [2.05, 4.69) is 6.92 Å². The van der Waals surface area contributed by atoms with Gasteiger partial charge in [0.2, 0.25) is 0 Å². The van der Waals surface area contributed by atoms with Crippen LogP contribution in [0.1, 0.15) is 94.6 Å². The van der Waals surface area contributed by atoms with Crippen LogP contribution < -0.4 is 0 Å². The monoisotopic (exact) mass is 318 g/mol. The van der Waals surface area contributed by atoms with Crippen molar-refractivity contribution in [1.29, 1.82) is 0 Å². The summed E-state index contributed by atoms with van der Waals surface area (Å²) in [7, 11) is 0. The van der Waals surface area contributed by atoms with Crippen LogP contribution in [-0.4, -0.2) is 11.1 Å². The zero-order valence-electron chi connectivity index (χ0n) is 15.0. The van der Waals surface area contributed by atoms with Gasteiger partial charge in [0.25, 0.3) is 0 Å². The van der Waals surface area contributed by atoms with E-state index >= 15 is 0 Å². The Morgan fingerprint density at radius 3 is 1.96 bits per heavy atom. The van der Waals surface area contributed by atoms with Crippen molar-refractivity contribution in [2.24, 2.45) is 0 Å².